The number of hydrogen-bond donors (Lipinski definition) is 3. The second kappa shape index (κ2) is 6.26. The van der Waals surface area contributed by atoms with Gasteiger partial charge in [0.05, 0.1) is 5.56 Å². The first kappa shape index (κ1) is 14.8. The predicted molar refractivity (Wildman–Crippen MR) is 80.1 cm³/mol. The van der Waals surface area contributed by atoms with Gasteiger partial charge in [0.15, 0.2) is 0 Å². The zero-order chi connectivity index (χ0) is 14.7. The molecule has 0 aliphatic heterocycles. The van der Waals surface area contributed by atoms with Gasteiger partial charge in [-0.3, -0.25) is 0 Å². The fraction of sp³-hybridized carbons (Fsp3) is 0.429. The largest absolute Gasteiger partial charge is 0.478 e. The lowest BCUT2D eigenvalue weighted by molar-refractivity contribution is 0.0697. The van der Waals surface area contributed by atoms with E-state index in [2.05, 4.69) is 26.6 Å². The van der Waals surface area contributed by atoms with Crippen molar-refractivity contribution in [1.82, 2.24) is 5.32 Å². The summed E-state index contributed by atoms with van der Waals surface area (Å²) in [6.45, 7) is 1.97. The van der Waals surface area contributed by atoms with Crippen molar-refractivity contribution < 1.29 is 14.7 Å². The minimum atomic E-state index is -1.03. The standard InChI is InChI=1S/C14H17BrN2O3/c1-8(4-9-2-3-9)16-14(20)17-12-6-10(13(18)19)5-11(15)7-12/h5-9H,2-4H2,1H3,(H,18,19)(H2,16,17,20). The first-order chi connectivity index (χ1) is 9.44. The highest BCUT2D eigenvalue weighted by Gasteiger charge is 2.24. The average Bonchev–Trinajstić information content (AvgIpc) is 3.11. The average molecular weight is 341 g/mol. The van der Waals surface area contributed by atoms with Gasteiger partial charge in [0.2, 0.25) is 0 Å². The Morgan fingerprint density at radius 1 is 1.40 bits per heavy atom. The van der Waals surface area contributed by atoms with Gasteiger partial charge in [-0.15, -0.1) is 0 Å². The lowest BCUT2D eigenvalue weighted by Crippen LogP contribution is -2.36. The lowest BCUT2D eigenvalue weighted by atomic mass is 10.1. The Labute approximate surface area is 125 Å². The van der Waals surface area contributed by atoms with Crippen molar-refractivity contribution in [2.24, 2.45) is 5.92 Å². The van der Waals surface area contributed by atoms with E-state index in [1.807, 2.05) is 6.92 Å². The van der Waals surface area contributed by atoms with Gasteiger partial charge < -0.3 is 15.7 Å². The van der Waals surface area contributed by atoms with Crippen LogP contribution in [0.15, 0.2) is 22.7 Å². The zero-order valence-corrected chi connectivity index (χ0v) is 12.7. The Morgan fingerprint density at radius 2 is 2.10 bits per heavy atom. The SMILES string of the molecule is CC(CC1CC1)NC(=O)Nc1cc(Br)cc(C(=O)O)c1. The van der Waals surface area contributed by atoms with Crippen LogP contribution in [0.3, 0.4) is 0 Å². The van der Waals surface area contributed by atoms with E-state index in [4.69, 9.17) is 5.11 Å². The van der Waals surface area contributed by atoms with E-state index in [1.54, 1.807) is 6.07 Å². The van der Waals surface area contributed by atoms with E-state index in [0.717, 1.165) is 12.3 Å². The highest BCUT2D eigenvalue weighted by atomic mass is 79.9. The molecule has 0 spiro atoms. The van der Waals surface area contributed by atoms with Crippen molar-refractivity contribution >= 4 is 33.6 Å². The maximum Gasteiger partial charge on any atom is 0.335 e. The monoisotopic (exact) mass is 340 g/mol. The molecule has 6 heteroatoms. The predicted octanol–water partition coefficient (Wildman–Crippen LogP) is 3.46. The van der Waals surface area contributed by atoms with Crippen molar-refractivity contribution in [3.63, 3.8) is 0 Å². The number of rotatable bonds is 5. The number of carboxylic acids is 1. The van der Waals surface area contributed by atoms with Crippen molar-refractivity contribution in [1.29, 1.82) is 0 Å². The number of carbonyl (C=O) groups is 2. The summed E-state index contributed by atoms with van der Waals surface area (Å²) in [5.41, 5.74) is 0.577. The number of halogens is 1. The molecule has 1 atom stereocenters. The maximum atomic E-state index is 11.8. The quantitative estimate of drug-likeness (QED) is 0.767. The zero-order valence-electron chi connectivity index (χ0n) is 11.1. The highest BCUT2D eigenvalue weighted by molar-refractivity contribution is 9.10. The van der Waals surface area contributed by atoms with E-state index < -0.39 is 5.97 Å². The minimum Gasteiger partial charge on any atom is -0.478 e. The second-order valence-electron chi connectivity index (χ2n) is 5.21. The number of carbonyl (C=O) groups excluding carboxylic acids is 1. The molecule has 1 aliphatic rings. The Hall–Kier alpha value is -1.56. The van der Waals surface area contributed by atoms with E-state index in [-0.39, 0.29) is 17.6 Å². The van der Waals surface area contributed by atoms with E-state index in [9.17, 15) is 9.59 Å². The molecule has 2 rings (SSSR count). The van der Waals surface area contributed by atoms with Crippen LogP contribution in [0.25, 0.3) is 0 Å². The van der Waals surface area contributed by atoms with Crippen LogP contribution in [0.5, 0.6) is 0 Å². The molecule has 1 fully saturated rings. The first-order valence-corrected chi connectivity index (χ1v) is 7.34. The molecule has 108 valence electrons. The summed E-state index contributed by atoms with van der Waals surface area (Å²) in [7, 11) is 0. The van der Waals surface area contributed by atoms with Crippen LogP contribution in [0.2, 0.25) is 0 Å². The Kier molecular flexibility index (Phi) is 4.65. The summed E-state index contributed by atoms with van der Waals surface area (Å²) in [5, 5.41) is 14.5. The number of anilines is 1. The first-order valence-electron chi connectivity index (χ1n) is 6.55. The minimum absolute atomic E-state index is 0.119. The van der Waals surface area contributed by atoms with Crippen LogP contribution in [-0.4, -0.2) is 23.1 Å². The molecule has 1 saturated carbocycles. The topological polar surface area (TPSA) is 78.4 Å². The van der Waals surface area contributed by atoms with Gasteiger partial charge >= 0.3 is 12.0 Å². The summed E-state index contributed by atoms with van der Waals surface area (Å²) < 4.78 is 0.610. The van der Waals surface area contributed by atoms with Crippen molar-refractivity contribution in [3.8, 4) is 0 Å². The van der Waals surface area contributed by atoms with Gasteiger partial charge in [0, 0.05) is 16.2 Å². The highest BCUT2D eigenvalue weighted by Crippen LogP contribution is 2.33. The molecular formula is C14H17BrN2O3. The molecule has 0 radical (unpaired) electrons. The number of amides is 2. The fourth-order valence-electron chi connectivity index (χ4n) is 2.09. The van der Waals surface area contributed by atoms with Gasteiger partial charge in [0.25, 0.3) is 0 Å². The number of hydrogen-bond acceptors (Lipinski definition) is 2. The Bertz CT molecular complexity index is 529. The second-order valence-corrected chi connectivity index (χ2v) is 6.13. The summed E-state index contributed by atoms with van der Waals surface area (Å²) in [4.78, 5) is 22.8. The number of aromatic carboxylic acids is 1. The Balaban J connectivity index is 1.94. The van der Waals surface area contributed by atoms with Gasteiger partial charge in [0.1, 0.15) is 0 Å². The van der Waals surface area contributed by atoms with Crippen LogP contribution in [0.1, 0.15) is 36.5 Å². The maximum absolute atomic E-state index is 11.8. The summed E-state index contributed by atoms with van der Waals surface area (Å²) in [5.74, 6) is -0.286. The normalized spacial score (nSPS) is 15.5. The van der Waals surface area contributed by atoms with Crippen LogP contribution >= 0.6 is 15.9 Å². The van der Waals surface area contributed by atoms with Crippen LogP contribution in [0, 0.1) is 5.92 Å². The molecule has 0 heterocycles. The Morgan fingerprint density at radius 3 is 2.70 bits per heavy atom. The molecule has 0 aromatic heterocycles. The molecule has 1 aliphatic carbocycles. The summed E-state index contributed by atoms with van der Waals surface area (Å²) in [6.07, 6.45) is 3.49. The number of nitrogens with one attached hydrogen (secondary N) is 2. The molecule has 1 aromatic carbocycles. The third-order valence-electron chi connectivity index (χ3n) is 3.16. The van der Waals surface area contributed by atoms with E-state index >= 15 is 0 Å². The number of benzene rings is 1. The molecule has 0 bridgehead atoms. The van der Waals surface area contributed by atoms with Crippen LogP contribution < -0.4 is 10.6 Å². The van der Waals surface area contributed by atoms with Gasteiger partial charge in [-0.1, -0.05) is 28.8 Å². The van der Waals surface area contributed by atoms with Crippen molar-refractivity contribution in [2.45, 2.75) is 32.2 Å². The summed E-state index contributed by atoms with van der Waals surface area (Å²) >= 11 is 3.23. The molecule has 1 aromatic rings. The molecule has 0 saturated heterocycles. The fourth-order valence-corrected chi connectivity index (χ4v) is 2.58. The molecule has 2 amide bonds. The molecule has 20 heavy (non-hydrogen) atoms. The number of urea groups is 1. The molecular weight excluding hydrogens is 324 g/mol. The third-order valence-corrected chi connectivity index (χ3v) is 3.62. The molecule has 5 nitrogen and oxygen atoms in total. The lowest BCUT2D eigenvalue weighted by Gasteiger charge is -2.14. The smallest absolute Gasteiger partial charge is 0.335 e. The van der Waals surface area contributed by atoms with Gasteiger partial charge in [-0.05, 0) is 37.5 Å². The van der Waals surface area contributed by atoms with Gasteiger partial charge in [-0.25, -0.2) is 9.59 Å². The molecule has 3 N–H and O–H groups in total. The van der Waals surface area contributed by atoms with Gasteiger partial charge in [-0.2, -0.15) is 0 Å². The van der Waals surface area contributed by atoms with Crippen molar-refractivity contribution in [2.75, 3.05) is 5.32 Å². The van der Waals surface area contributed by atoms with Crippen molar-refractivity contribution in [3.05, 3.63) is 28.2 Å². The number of carboxylic acid groups (broad SMARTS) is 1. The van der Waals surface area contributed by atoms with E-state index in [0.29, 0.717) is 10.2 Å². The van der Waals surface area contributed by atoms with E-state index in [1.165, 1.54) is 25.0 Å². The van der Waals surface area contributed by atoms with Crippen LogP contribution in [0.4, 0.5) is 10.5 Å². The van der Waals surface area contributed by atoms with Crippen LogP contribution in [-0.2, 0) is 0 Å². The third kappa shape index (κ3) is 4.52. The molecule has 1 unspecified atom stereocenters. The summed E-state index contributed by atoms with van der Waals surface area (Å²) in [6, 6.07) is 4.39.